The molecule has 1 aliphatic rings. The van der Waals surface area contributed by atoms with E-state index in [-0.39, 0.29) is 23.8 Å². The van der Waals surface area contributed by atoms with Gasteiger partial charge in [-0.2, -0.15) is 13.2 Å². The number of sulfone groups is 1. The lowest BCUT2D eigenvalue weighted by molar-refractivity contribution is -0.138. The second-order valence-electron chi connectivity index (χ2n) is 6.10. The van der Waals surface area contributed by atoms with Crippen molar-refractivity contribution in [1.82, 2.24) is 9.97 Å². The standard InChI is InChI=1S/C16H16F4N4O2S/c1-27(25,26)13-3-2-4-21-15(13)24-7-5-23(6-8-24)14-12(17)9-11(10-22-14)16(18,19)20/h2-4,9-10H,5-8H2,1H3. The van der Waals surface area contributed by atoms with Crippen LogP contribution in [0.2, 0.25) is 0 Å². The van der Waals surface area contributed by atoms with Crippen molar-refractivity contribution >= 4 is 21.5 Å². The SMILES string of the molecule is CS(=O)(=O)c1cccnc1N1CCN(c2ncc(C(F)(F)F)cc2F)CC1. The number of piperazine rings is 1. The predicted octanol–water partition coefficient (Wildman–Crippen LogP) is 2.36. The van der Waals surface area contributed by atoms with Gasteiger partial charge < -0.3 is 9.80 Å². The quantitative estimate of drug-likeness (QED) is 0.732. The highest BCUT2D eigenvalue weighted by molar-refractivity contribution is 7.90. The Bertz CT molecular complexity index is 942. The van der Waals surface area contributed by atoms with E-state index >= 15 is 0 Å². The van der Waals surface area contributed by atoms with Crippen LogP contribution in [0.1, 0.15) is 5.56 Å². The zero-order valence-electron chi connectivity index (χ0n) is 14.2. The summed E-state index contributed by atoms with van der Waals surface area (Å²) >= 11 is 0. The Kier molecular flexibility index (Phi) is 4.98. The molecule has 0 amide bonds. The Morgan fingerprint density at radius 2 is 1.63 bits per heavy atom. The summed E-state index contributed by atoms with van der Waals surface area (Å²) in [6.45, 7) is 1.16. The third-order valence-electron chi connectivity index (χ3n) is 4.18. The van der Waals surface area contributed by atoms with Gasteiger partial charge in [0.2, 0.25) is 0 Å². The van der Waals surface area contributed by atoms with Crippen LogP contribution in [-0.4, -0.2) is 50.8 Å². The van der Waals surface area contributed by atoms with E-state index in [0.717, 1.165) is 6.26 Å². The van der Waals surface area contributed by atoms with Crippen molar-refractivity contribution in [3.05, 3.63) is 42.0 Å². The second kappa shape index (κ2) is 6.95. The van der Waals surface area contributed by atoms with E-state index in [9.17, 15) is 26.0 Å². The number of nitrogens with zero attached hydrogens (tertiary/aromatic N) is 4. The molecule has 0 unspecified atom stereocenters. The molecule has 0 radical (unpaired) electrons. The third-order valence-corrected chi connectivity index (χ3v) is 5.30. The number of aromatic nitrogens is 2. The van der Waals surface area contributed by atoms with Crippen molar-refractivity contribution in [3.8, 4) is 0 Å². The normalized spacial score (nSPS) is 15.9. The van der Waals surface area contributed by atoms with Gasteiger partial charge in [0.25, 0.3) is 0 Å². The fraction of sp³-hybridized carbons (Fsp3) is 0.375. The zero-order chi connectivity index (χ0) is 19.8. The number of hydrogen-bond donors (Lipinski definition) is 0. The summed E-state index contributed by atoms with van der Waals surface area (Å²) in [5, 5.41) is 0. The minimum atomic E-state index is -4.66. The maximum absolute atomic E-state index is 14.1. The lowest BCUT2D eigenvalue weighted by Gasteiger charge is -2.36. The minimum Gasteiger partial charge on any atom is -0.352 e. The first kappa shape index (κ1) is 19.3. The summed E-state index contributed by atoms with van der Waals surface area (Å²) < 4.78 is 75.8. The zero-order valence-corrected chi connectivity index (χ0v) is 15.1. The van der Waals surface area contributed by atoms with Crippen LogP contribution in [0.5, 0.6) is 0 Å². The number of hydrogen-bond acceptors (Lipinski definition) is 6. The number of pyridine rings is 2. The molecule has 2 aromatic heterocycles. The van der Waals surface area contributed by atoms with Gasteiger partial charge in [-0.25, -0.2) is 22.8 Å². The molecule has 0 aliphatic carbocycles. The first-order valence-electron chi connectivity index (χ1n) is 7.95. The Morgan fingerprint density at radius 1 is 1.04 bits per heavy atom. The van der Waals surface area contributed by atoms with E-state index in [1.54, 1.807) is 4.90 Å². The highest BCUT2D eigenvalue weighted by Crippen LogP contribution is 2.31. The van der Waals surface area contributed by atoms with Crippen LogP contribution < -0.4 is 9.80 Å². The number of halogens is 4. The van der Waals surface area contributed by atoms with Crippen molar-refractivity contribution in [1.29, 1.82) is 0 Å². The first-order chi connectivity index (χ1) is 12.6. The lowest BCUT2D eigenvalue weighted by Crippen LogP contribution is -2.47. The summed E-state index contributed by atoms with van der Waals surface area (Å²) in [7, 11) is -3.47. The van der Waals surface area contributed by atoms with Gasteiger partial charge in [0.1, 0.15) is 10.7 Å². The average molecular weight is 404 g/mol. The van der Waals surface area contributed by atoms with Gasteiger partial charge in [0, 0.05) is 44.8 Å². The van der Waals surface area contributed by atoms with Crippen molar-refractivity contribution in [3.63, 3.8) is 0 Å². The van der Waals surface area contributed by atoms with Crippen LogP contribution in [0, 0.1) is 5.82 Å². The van der Waals surface area contributed by atoms with Crippen molar-refractivity contribution in [2.24, 2.45) is 0 Å². The molecule has 11 heteroatoms. The highest BCUT2D eigenvalue weighted by Gasteiger charge is 2.33. The Balaban J connectivity index is 1.77. The maximum atomic E-state index is 14.1. The van der Waals surface area contributed by atoms with Crippen LogP contribution in [0.25, 0.3) is 0 Å². The molecule has 0 aromatic carbocycles. The van der Waals surface area contributed by atoms with E-state index < -0.39 is 27.4 Å². The molecular weight excluding hydrogens is 388 g/mol. The van der Waals surface area contributed by atoms with Gasteiger partial charge in [-0.3, -0.25) is 0 Å². The molecule has 27 heavy (non-hydrogen) atoms. The summed E-state index contributed by atoms with van der Waals surface area (Å²) in [6, 6.07) is 3.41. The van der Waals surface area contributed by atoms with Crippen LogP contribution in [0.15, 0.2) is 35.5 Å². The fourth-order valence-corrected chi connectivity index (χ4v) is 3.70. The molecule has 0 atom stereocenters. The largest absolute Gasteiger partial charge is 0.417 e. The van der Waals surface area contributed by atoms with Gasteiger partial charge in [0.15, 0.2) is 21.5 Å². The summed E-state index contributed by atoms with van der Waals surface area (Å²) in [5.74, 6) is -0.902. The van der Waals surface area contributed by atoms with Crippen LogP contribution in [0.3, 0.4) is 0 Å². The van der Waals surface area contributed by atoms with Gasteiger partial charge in [-0.05, 0) is 18.2 Å². The van der Waals surface area contributed by atoms with Gasteiger partial charge in [-0.1, -0.05) is 0 Å². The summed E-state index contributed by atoms with van der Waals surface area (Å²) in [4.78, 5) is 11.1. The number of rotatable bonds is 3. The molecule has 2 aromatic rings. The lowest BCUT2D eigenvalue weighted by atomic mass is 10.2. The summed E-state index contributed by atoms with van der Waals surface area (Å²) in [6.07, 6.45) is -1.49. The van der Waals surface area contributed by atoms with E-state index in [2.05, 4.69) is 9.97 Å². The first-order valence-corrected chi connectivity index (χ1v) is 9.84. The Labute approximate surface area is 153 Å². The molecule has 1 aliphatic heterocycles. The number of anilines is 2. The van der Waals surface area contributed by atoms with Gasteiger partial charge in [0.05, 0.1) is 5.56 Å². The molecule has 0 N–H and O–H groups in total. The second-order valence-corrected chi connectivity index (χ2v) is 8.08. The van der Waals surface area contributed by atoms with Crippen LogP contribution >= 0.6 is 0 Å². The van der Waals surface area contributed by atoms with Crippen LogP contribution in [0.4, 0.5) is 29.2 Å². The Hall–Kier alpha value is -2.43. The molecule has 0 saturated carbocycles. The molecule has 0 bridgehead atoms. The van der Waals surface area contributed by atoms with Crippen LogP contribution in [-0.2, 0) is 16.0 Å². The molecule has 146 valence electrons. The Morgan fingerprint density at radius 3 is 2.15 bits per heavy atom. The number of alkyl halides is 3. The molecule has 0 spiro atoms. The van der Waals surface area contributed by atoms with E-state index in [4.69, 9.17) is 0 Å². The molecule has 1 fully saturated rings. The molecule has 3 heterocycles. The third kappa shape index (κ3) is 4.12. The molecule has 6 nitrogen and oxygen atoms in total. The summed E-state index contributed by atoms with van der Waals surface area (Å²) in [5.41, 5.74) is -1.14. The minimum absolute atomic E-state index is 0.0947. The topological polar surface area (TPSA) is 66.4 Å². The maximum Gasteiger partial charge on any atom is 0.417 e. The van der Waals surface area contributed by atoms with Gasteiger partial charge in [-0.15, -0.1) is 0 Å². The smallest absolute Gasteiger partial charge is 0.352 e. The van der Waals surface area contributed by atoms with Crippen molar-refractivity contribution in [2.75, 3.05) is 42.2 Å². The van der Waals surface area contributed by atoms with Crippen molar-refractivity contribution < 1.29 is 26.0 Å². The monoisotopic (exact) mass is 404 g/mol. The predicted molar refractivity (Wildman–Crippen MR) is 91.0 cm³/mol. The van der Waals surface area contributed by atoms with Gasteiger partial charge >= 0.3 is 6.18 Å². The van der Waals surface area contributed by atoms with E-state index in [1.165, 1.54) is 23.2 Å². The molecule has 3 rings (SSSR count). The average Bonchev–Trinajstić information content (AvgIpc) is 2.60. The van der Waals surface area contributed by atoms with E-state index in [1.807, 2.05) is 0 Å². The van der Waals surface area contributed by atoms with Crippen molar-refractivity contribution in [2.45, 2.75) is 11.1 Å². The highest BCUT2D eigenvalue weighted by atomic mass is 32.2. The molecule has 1 saturated heterocycles. The molecular formula is C16H16F4N4O2S. The van der Waals surface area contributed by atoms with E-state index in [0.29, 0.717) is 31.2 Å². The fourth-order valence-electron chi connectivity index (χ4n) is 2.86.